The first-order valence-electron chi connectivity index (χ1n) is 11.4. The number of benzene rings is 2. The maximum Gasteiger partial charge on any atom is 0.264 e. The highest BCUT2D eigenvalue weighted by Crippen LogP contribution is 2.38. The minimum Gasteiger partial charge on any atom is -0.494 e. The van der Waals surface area contributed by atoms with Gasteiger partial charge in [0.05, 0.1) is 18.0 Å². The quantitative estimate of drug-likeness (QED) is 0.397. The largest absolute Gasteiger partial charge is 0.494 e. The van der Waals surface area contributed by atoms with E-state index in [1.54, 1.807) is 21.4 Å². The van der Waals surface area contributed by atoms with Crippen molar-refractivity contribution >= 4 is 27.8 Å². The fourth-order valence-corrected chi connectivity index (χ4v) is 4.59. The SMILES string of the molecule is COc1ccc(-c2nn(C(C)c3nc4cccc(F)c4c(=O)n3C3CC3)c3ncnc(N)c23)cc1F. The molecule has 0 bridgehead atoms. The Hall–Kier alpha value is -4.41. The third kappa shape index (κ3) is 3.30. The molecule has 11 heteroatoms. The monoisotopic (exact) mass is 489 g/mol. The molecule has 3 aromatic heterocycles. The van der Waals surface area contributed by atoms with Crippen molar-refractivity contribution < 1.29 is 13.5 Å². The van der Waals surface area contributed by atoms with Crippen molar-refractivity contribution in [2.45, 2.75) is 31.8 Å². The number of halogens is 2. The number of ether oxygens (including phenoxy) is 1. The van der Waals surface area contributed by atoms with E-state index < -0.39 is 23.2 Å². The average molecular weight is 489 g/mol. The Morgan fingerprint density at radius 2 is 1.92 bits per heavy atom. The molecule has 6 rings (SSSR count). The van der Waals surface area contributed by atoms with Crippen LogP contribution in [0.3, 0.4) is 0 Å². The van der Waals surface area contributed by atoms with Crippen LogP contribution in [0.4, 0.5) is 14.6 Å². The second-order valence-electron chi connectivity index (χ2n) is 8.79. The van der Waals surface area contributed by atoms with Gasteiger partial charge in [-0.2, -0.15) is 5.10 Å². The molecule has 0 radical (unpaired) electrons. The molecule has 1 unspecified atom stereocenters. The number of nitrogens with two attached hydrogens (primary N) is 1. The number of hydrogen-bond donors (Lipinski definition) is 1. The lowest BCUT2D eigenvalue weighted by Crippen LogP contribution is -2.28. The lowest BCUT2D eigenvalue weighted by Gasteiger charge is -2.19. The number of aromatic nitrogens is 6. The highest BCUT2D eigenvalue weighted by molar-refractivity contribution is 5.98. The minimum absolute atomic E-state index is 0.0355. The molecule has 1 saturated carbocycles. The van der Waals surface area contributed by atoms with Crippen LogP contribution in [0.25, 0.3) is 33.2 Å². The molecule has 182 valence electrons. The van der Waals surface area contributed by atoms with E-state index in [2.05, 4.69) is 9.97 Å². The molecule has 0 spiro atoms. The fourth-order valence-electron chi connectivity index (χ4n) is 4.59. The number of nitrogens with zero attached hydrogens (tertiary/aromatic N) is 6. The predicted octanol–water partition coefficient (Wildman–Crippen LogP) is 4.02. The first-order valence-corrected chi connectivity index (χ1v) is 11.4. The Morgan fingerprint density at radius 1 is 1.11 bits per heavy atom. The van der Waals surface area contributed by atoms with Gasteiger partial charge in [0.2, 0.25) is 0 Å². The maximum absolute atomic E-state index is 14.6. The van der Waals surface area contributed by atoms with Gasteiger partial charge in [-0.3, -0.25) is 9.36 Å². The molecule has 2 aromatic carbocycles. The van der Waals surface area contributed by atoms with Crippen molar-refractivity contribution in [2.75, 3.05) is 12.8 Å². The van der Waals surface area contributed by atoms with Crippen LogP contribution in [-0.4, -0.2) is 36.4 Å². The zero-order valence-electron chi connectivity index (χ0n) is 19.4. The number of nitrogen functional groups attached to an aromatic ring is 1. The lowest BCUT2D eigenvalue weighted by molar-refractivity contribution is 0.386. The summed E-state index contributed by atoms with van der Waals surface area (Å²) < 4.78 is 37.3. The summed E-state index contributed by atoms with van der Waals surface area (Å²) in [6.45, 7) is 1.83. The van der Waals surface area contributed by atoms with Crippen LogP contribution >= 0.6 is 0 Å². The third-order valence-corrected chi connectivity index (χ3v) is 6.50. The zero-order chi connectivity index (χ0) is 25.1. The van der Waals surface area contributed by atoms with Crippen molar-refractivity contribution in [2.24, 2.45) is 0 Å². The van der Waals surface area contributed by atoms with E-state index in [-0.39, 0.29) is 28.5 Å². The molecule has 2 N–H and O–H groups in total. The van der Waals surface area contributed by atoms with Gasteiger partial charge in [0, 0.05) is 11.6 Å². The molecule has 1 aliphatic carbocycles. The number of hydrogen-bond acceptors (Lipinski definition) is 7. The number of fused-ring (bicyclic) bond motifs is 2. The normalized spacial score (nSPS) is 14.4. The number of methoxy groups -OCH3 is 1. The predicted molar refractivity (Wildman–Crippen MR) is 130 cm³/mol. The van der Waals surface area contributed by atoms with E-state index in [0.29, 0.717) is 28.1 Å². The van der Waals surface area contributed by atoms with Gasteiger partial charge in [-0.15, -0.1) is 0 Å². The van der Waals surface area contributed by atoms with E-state index in [0.717, 1.165) is 12.8 Å². The van der Waals surface area contributed by atoms with Gasteiger partial charge < -0.3 is 10.5 Å². The maximum atomic E-state index is 14.6. The van der Waals surface area contributed by atoms with E-state index in [1.165, 1.54) is 37.7 Å². The van der Waals surface area contributed by atoms with Crippen molar-refractivity contribution in [3.8, 4) is 17.0 Å². The molecule has 1 aliphatic rings. The Bertz CT molecular complexity index is 1730. The highest BCUT2D eigenvalue weighted by Gasteiger charge is 2.32. The summed E-state index contributed by atoms with van der Waals surface area (Å²) in [5.74, 6) is -0.456. The third-order valence-electron chi connectivity index (χ3n) is 6.50. The van der Waals surface area contributed by atoms with Crippen molar-refractivity contribution in [3.05, 3.63) is 70.5 Å². The average Bonchev–Trinajstić information content (AvgIpc) is 3.62. The molecule has 0 saturated heterocycles. The molecule has 0 aliphatic heterocycles. The van der Waals surface area contributed by atoms with E-state index >= 15 is 0 Å². The summed E-state index contributed by atoms with van der Waals surface area (Å²) in [5.41, 5.74) is 7.28. The van der Waals surface area contributed by atoms with Crippen molar-refractivity contribution in [3.63, 3.8) is 0 Å². The lowest BCUT2D eigenvalue weighted by atomic mass is 10.1. The molecular formula is C25H21F2N7O2. The van der Waals surface area contributed by atoms with Gasteiger partial charge in [0.25, 0.3) is 5.56 Å². The van der Waals surface area contributed by atoms with Gasteiger partial charge in [-0.25, -0.2) is 28.4 Å². The number of anilines is 1. The minimum atomic E-state index is -0.604. The Balaban J connectivity index is 1.59. The van der Waals surface area contributed by atoms with Crippen LogP contribution < -0.4 is 16.0 Å². The van der Waals surface area contributed by atoms with Crippen molar-refractivity contribution in [1.29, 1.82) is 0 Å². The van der Waals surface area contributed by atoms with Gasteiger partial charge >= 0.3 is 0 Å². The molecule has 9 nitrogen and oxygen atoms in total. The summed E-state index contributed by atoms with van der Waals surface area (Å²) in [6, 6.07) is 8.22. The van der Waals surface area contributed by atoms with Crippen LogP contribution in [0.15, 0.2) is 47.5 Å². The highest BCUT2D eigenvalue weighted by atomic mass is 19.1. The van der Waals surface area contributed by atoms with Crippen LogP contribution in [0.5, 0.6) is 5.75 Å². The van der Waals surface area contributed by atoms with Gasteiger partial charge in [0.15, 0.2) is 17.2 Å². The topological polar surface area (TPSA) is 114 Å². The first kappa shape index (κ1) is 22.1. The molecule has 36 heavy (non-hydrogen) atoms. The molecule has 3 heterocycles. The summed E-state index contributed by atoms with van der Waals surface area (Å²) in [7, 11) is 1.39. The first-order chi connectivity index (χ1) is 17.4. The summed E-state index contributed by atoms with van der Waals surface area (Å²) in [5, 5.41) is 5.15. The van der Waals surface area contributed by atoms with Crippen LogP contribution in [-0.2, 0) is 0 Å². The van der Waals surface area contributed by atoms with Gasteiger partial charge in [-0.1, -0.05) is 6.07 Å². The Morgan fingerprint density at radius 3 is 2.64 bits per heavy atom. The van der Waals surface area contributed by atoms with Crippen LogP contribution in [0, 0.1) is 11.6 Å². The van der Waals surface area contributed by atoms with E-state index in [1.807, 2.05) is 6.92 Å². The second kappa shape index (κ2) is 8.08. The standard InChI is InChI=1S/C25H21F2N7O2/c1-12(23-31-17-5-3-4-15(26)19(17)25(35)33(23)14-7-8-14)34-24-20(22(28)29-11-30-24)21(32-34)13-6-9-18(36-2)16(27)10-13/h3-6,9-12,14H,7-8H2,1-2H3,(H2,28,29,30). The second-order valence-corrected chi connectivity index (χ2v) is 8.79. The summed E-state index contributed by atoms with van der Waals surface area (Å²) in [6.07, 6.45) is 2.91. The number of rotatable bonds is 5. The van der Waals surface area contributed by atoms with Gasteiger partial charge in [0.1, 0.15) is 40.9 Å². The summed E-state index contributed by atoms with van der Waals surface area (Å²) in [4.78, 5) is 26.6. The van der Waals surface area contributed by atoms with Crippen LogP contribution in [0.1, 0.15) is 37.7 Å². The molecule has 1 fully saturated rings. The zero-order valence-corrected chi connectivity index (χ0v) is 19.4. The molecular weight excluding hydrogens is 468 g/mol. The Kier molecular flexibility index (Phi) is 4.95. The molecule has 0 amide bonds. The Labute approximate surface area is 203 Å². The fraction of sp³-hybridized carbons (Fsp3) is 0.240. The van der Waals surface area contributed by atoms with Crippen molar-refractivity contribution in [1.82, 2.24) is 29.3 Å². The van der Waals surface area contributed by atoms with E-state index in [9.17, 15) is 13.6 Å². The molecule has 1 atom stereocenters. The van der Waals surface area contributed by atoms with E-state index in [4.69, 9.17) is 20.6 Å². The summed E-state index contributed by atoms with van der Waals surface area (Å²) >= 11 is 0. The molecule has 5 aromatic rings. The smallest absolute Gasteiger partial charge is 0.264 e. The van der Waals surface area contributed by atoms with Crippen LogP contribution in [0.2, 0.25) is 0 Å². The van der Waals surface area contributed by atoms with Gasteiger partial charge in [-0.05, 0) is 50.1 Å².